The molecule has 1 unspecified atom stereocenters. The van der Waals surface area contributed by atoms with Crippen LogP contribution in [0.5, 0.6) is 11.5 Å². The summed E-state index contributed by atoms with van der Waals surface area (Å²) in [5, 5.41) is 0. The molecule has 4 nitrogen and oxygen atoms in total. The van der Waals surface area contributed by atoms with E-state index < -0.39 is 0 Å². The number of aryl methyl sites for hydroxylation is 1. The second kappa shape index (κ2) is 5.68. The minimum atomic E-state index is -0.159. The number of hydrogen-bond acceptors (Lipinski definition) is 4. The number of nitrogens with two attached hydrogens (primary N) is 1. The fraction of sp³-hybridized carbons (Fsp3) is 0.462. The highest BCUT2D eigenvalue weighted by Gasteiger charge is 2.17. The first kappa shape index (κ1) is 13.5. The van der Waals surface area contributed by atoms with Crippen molar-refractivity contribution >= 4 is 5.78 Å². The van der Waals surface area contributed by atoms with Crippen LogP contribution < -0.4 is 15.2 Å². The van der Waals surface area contributed by atoms with Gasteiger partial charge in [0.15, 0.2) is 5.78 Å². The van der Waals surface area contributed by atoms with E-state index in [1.165, 1.54) is 7.11 Å². The maximum absolute atomic E-state index is 12.1. The zero-order valence-corrected chi connectivity index (χ0v) is 10.7. The Kier molecular flexibility index (Phi) is 4.52. The fourth-order valence-corrected chi connectivity index (χ4v) is 1.75. The van der Waals surface area contributed by atoms with Gasteiger partial charge in [0.25, 0.3) is 0 Å². The maximum atomic E-state index is 12.1. The summed E-state index contributed by atoms with van der Waals surface area (Å²) in [5.41, 5.74) is 7.07. The minimum Gasteiger partial charge on any atom is -0.497 e. The molecular formula is C13H19NO3. The van der Waals surface area contributed by atoms with Gasteiger partial charge in [-0.2, -0.15) is 0 Å². The molecule has 0 saturated heterocycles. The van der Waals surface area contributed by atoms with E-state index in [-0.39, 0.29) is 11.8 Å². The SMILES string of the molecule is COc1cc(C)c(C(=O)CC(C)N)c(OC)c1. The number of rotatable bonds is 5. The molecule has 0 bridgehead atoms. The van der Waals surface area contributed by atoms with Gasteiger partial charge in [0.2, 0.25) is 0 Å². The summed E-state index contributed by atoms with van der Waals surface area (Å²) in [6.07, 6.45) is 0.309. The van der Waals surface area contributed by atoms with Gasteiger partial charge in [0.05, 0.1) is 19.8 Å². The number of ketones is 1. The van der Waals surface area contributed by atoms with Crippen LogP contribution in [0.15, 0.2) is 12.1 Å². The van der Waals surface area contributed by atoms with Crippen molar-refractivity contribution in [3.05, 3.63) is 23.3 Å². The number of carbonyl (C=O) groups is 1. The summed E-state index contributed by atoms with van der Waals surface area (Å²) in [4.78, 5) is 12.1. The molecule has 1 rings (SSSR count). The molecule has 0 spiro atoms. The van der Waals surface area contributed by atoms with Gasteiger partial charge in [0, 0.05) is 18.5 Å². The molecule has 4 heteroatoms. The maximum Gasteiger partial charge on any atom is 0.168 e. The van der Waals surface area contributed by atoms with Crippen LogP contribution in [0.1, 0.15) is 29.3 Å². The summed E-state index contributed by atoms with van der Waals surface area (Å²) in [6, 6.07) is 3.37. The quantitative estimate of drug-likeness (QED) is 0.795. The van der Waals surface area contributed by atoms with Crippen LogP contribution in [0, 0.1) is 6.92 Å². The van der Waals surface area contributed by atoms with E-state index in [1.807, 2.05) is 19.9 Å². The van der Waals surface area contributed by atoms with E-state index in [0.29, 0.717) is 23.5 Å². The van der Waals surface area contributed by atoms with Gasteiger partial charge in [-0.25, -0.2) is 0 Å². The van der Waals surface area contributed by atoms with Crippen LogP contribution >= 0.6 is 0 Å². The van der Waals surface area contributed by atoms with Crippen molar-refractivity contribution in [3.63, 3.8) is 0 Å². The second-order valence-electron chi connectivity index (χ2n) is 4.13. The van der Waals surface area contributed by atoms with E-state index in [2.05, 4.69) is 0 Å². The molecule has 17 heavy (non-hydrogen) atoms. The van der Waals surface area contributed by atoms with Crippen LogP contribution in [-0.4, -0.2) is 26.0 Å². The van der Waals surface area contributed by atoms with E-state index in [4.69, 9.17) is 15.2 Å². The first-order valence-corrected chi connectivity index (χ1v) is 5.51. The Bertz CT molecular complexity index is 413. The number of ether oxygens (including phenoxy) is 2. The average molecular weight is 237 g/mol. The highest BCUT2D eigenvalue weighted by Crippen LogP contribution is 2.29. The van der Waals surface area contributed by atoms with Crippen LogP contribution in [0.3, 0.4) is 0 Å². The Labute approximate surface area is 102 Å². The lowest BCUT2D eigenvalue weighted by Crippen LogP contribution is -2.20. The Morgan fingerprint density at radius 2 is 2.00 bits per heavy atom. The Hall–Kier alpha value is -1.55. The van der Waals surface area contributed by atoms with E-state index in [0.717, 1.165) is 5.56 Å². The van der Waals surface area contributed by atoms with Crippen molar-refractivity contribution in [3.8, 4) is 11.5 Å². The van der Waals surface area contributed by atoms with Gasteiger partial charge in [0.1, 0.15) is 11.5 Å². The van der Waals surface area contributed by atoms with Crippen molar-refractivity contribution < 1.29 is 14.3 Å². The number of benzene rings is 1. The summed E-state index contributed by atoms with van der Waals surface area (Å²) >= 11 is 0. The first-order chi connectivity index (χ1) is 7.99. The van der Waals surface area contributed by atoms with Gasteiger partial charge in [-0.05, 0) is 25.5 Å². The topological polar surface area (TPSA) is 61.5 Å². The Morgan fingerprint density at radius 1 is 1.35 bits per heavy atom. The standard InChI is InChI=1S/C13H19NO3/c1-8-5-10(16-3)7-12(17-4)13(8)11(15)6-9(2)14/h5,7,9H,6,14H2,1-4H3. The smallest absolute Gasteiger partial charge is 0.168 e. The lowest BCUT2D eigenvalue weighted by Gasteiger charge is -2.13. The van der Waals surface area contributed by atoms with Gasteiger partial charge >= 0.3 is 0 Å². The second-order valence-corrected chi connectivity index (χ2v) is 4.13. The Balaban J connectivity index is 3.18. The number of methoxy groups -OCH3 is 2. The number of hydrogen-bond donors (Lipinski definition) is 1. The average Bonchev–Trinajstić information content (AvgIpc) is 2.26. The molecule has 94 valence electrons. The van der Waals surface area contributed by atoms with E-state index >= 15 is 0 Å². The van der Waals surface area contributed by atoms with Crippen molar-refractivity contribution in [2.45, 2.75) is 26.3 Å². The molecular weight excluding hydrogens is 218 g/mol. The van der Waals surface area contributed by atoms with E-state index in [9.17, 15) is 4.79 Å². The highest BCUT2D eigenvalue weighted by molar-refractivity contribution is 6.00. The van der Waals surface area contributed by atoms with Gasteiger partial charge in [-0.15, -0.1) is 0 Å². The summed E-state index contributed by atoms with van der Waals surface area (Å²) < 4.78 is 10.4. The highest BCUT2D eigenvalue weighted by atomic mass is 16.5. The molecule has 0 heterocycles. The minimum absolute atomic E-state index is 0.00277. The zero-order valence-electron chi connectivity index (χ0n) is 10.7. The fourth-order valence-electron chi connectivity index (χ4n) is 1.75. The molecule has 1 atom stereocenters. The van der Waals surface area contributed by atoms with Crippen molar-refractivity contribution in [1.82, 2.24) is 0 Å². The largest absolute Gasteiger partial charge is 0.497 e. The molecule has 0 aliphatic carbocycles. The summed E-state index contributed by atoms with van der Waals surface area (Å²) in [5.74, 6) is 1.21. The lowest BCUT2D eigenvalue weighted by atomic mass is 9.99. The normalized spacial score (nSPS) is 12.1. The first-order valence-electron chi connectivity index (χ1n) is 5.51. The molecule has 1 aromatic carbocycles. The van der Waals surface area contributed by atoms with Gasteiger partial charge in [-0.3, -0.25) is 4.79 Å². The van der Waals surface area contributed by atoms with Crippen molar-refractivity contribution in [2.24, 2.45) is 5.73 Å². The van der Waals surface area contributed by atoms with Crippen LogP contribution in [0.2, 0.25) is 0 Å². The molecule has 0 radical (unpaired) electrons. The molecule has 0 fully saturated rings. The lowest BCUT2D eigenvalue weighted by molar-refractivity contribution is 0.0973. The molecule has 0 amide bonds. The van der Waals surface area contributed by atoms with E-state index in [1.54, 1.807) is 13.2 Å². The summed E-state index contributed by atoms with van der Waals surface area (Å²) in [6.45, 7) is 3.67. The predicted molar refractivity (Wildman–Crippen MR) is 66.9 cm³/mol. The van der Waals surface area contributed by atoms with Gasteiger partial charge < -0.3 is 15.2 Å². The van der Waals surface area contributed by atoms with Crippen molar-refractivity contribution in [1.29, 1.82) is 0 Å². The van der Waals surface area contributed by atoms with Crippen LogP contribution in [-0.2, 0) is 0 Å². The van der Waals surface area contributed by atoms with Crippen molar-refractivity contribution in [2.75, 3.05) is 14.2 Å². The Morgan fingerprint density at radius 3 is 2.47 bits per heavy atom. The third kappa shape index (κ3) is 3.20. The third-order valence-electron chi connectivity index (χ3n) is 2.51. The predicted octanol–water partition coefficient (Wildman–Crippen LogP) is 1.93. The molecule has 0 aromatic heterocycles. The van der Waals surface area contributed by atoms with Crippen LogP contribution in [0.4, 0.5) is 0 Å². The molecule has 2 N–H and O–H groups in total. The monoisotopic (exact) mass is 237 g/mol. The third-order valence-corrected chi connectivity index (χ3v) is 2.51. The zero-order chi connectivity index (χ0) is 13.0. The molecule has 0 aliphatic heterocycles. The van der Waals surface area contributed by atoms with Crippen LogP contribution in [0.25, 0.3) is 0 Å². The molecule has 0 aliphatic rings. The molecule has 1 aromatic rings. The molecule has 0 saturated carbocycles. The van der Waals surface area contributed by atoms with Gasteiger partial charge in [-0.1, -0.05) is 0 Å². The summed E-state index contributed by atoms with van der Waals surface area (Å²) in [7, 11) is 3.12. The number of Topliss-reactive ketones (excluding diaryl/α,β-unsaturated/α-hetero) is 1. The number of carbonyl (C=O) groups excluding carboxylic acids is 1.